The lowest BCUT2D eigenvalue weighted by Crippen LogP contribution is -2.23. The second-order valence-electron chi connectivity index (χ2n) is 7.24. The van der Waals surface area contributed by atoms with E-state index < -0.39 is 0 Å². The van der Waals surface area contributed by atoms with Crippen LogP contribution in [0.25, 0.3) is 22.4 Å². The van der Waals surface area contributed by atoms with Gasteiger partial charge in [0.25, 0.3) is 5.56 Å². The van der Waals surface area contributed by atoms with Gasteiger partial charge in [-0.1, -0.05) is 59.3 Å². The number of fused-ring (bicyclic) bond motifs is 1. The standard InChI is InChI=1S/C25H18ClN3O3S/c1-31-21-13-17(7-12-20(21)32-15-16-5-3-2-4-6-16)14-22-24(30)29-25(33-22)27-23(28-29)18-8-10-19(26)11-9-18/h2-14H,15H2,1H3. The second kappa shape index (κ2) is 9.05. The molecule has 0 spiro atoms. The monoisotopic (exact) mass is 475 g/mol. The van der Waals surface area contributed by atoms with Gasteiger partial charge in [-0.25, -0.2) is 0 Å². The van der Waals surface area contributed by atoms with E-state index in [2.05, 4.69) is 10.1 Å². The number of ether oxygens (including phenoxy) is 2. The van der Waals surface area contributed by atoms with Crippen LogP contribution in [0.5, 0.6) is 11.5 Å². The van der Waals surface area contributed by atoms with E-state index >= 15 is 0 Å². The number of thiazole rings is 1. The van der Waals surface area contributed by atoms with Crippen molar-refractivity contribution < 1.29 is 9.47 Å². The van der Waals surface area contributed by atoms with Crippen LogP contribution in [0.1, 0.15) is 11.1 Å². The van der Waals surface area contributed by atoms with E-state index in [9.17, 15) is 4.79 Å². The molecule has 0 atom stereocenters. The number of methoxy groups -OCH3 is 1. The lowest BCUT2D eigenvalue weighted by atomic mass is 10.2. The zero-order valence-electron chi connectivity index (χ0n) is 17.6. The Morgan fingerprint density at radius 3 is 2.55 bits per heavy atom. The van der Waals surface area contributed by atoms with E-state index in [0.29, 0.717) is 38.4 Å². The lowest BCUT2D eigenvalue weighted by molar-refractivity contribution is 0.284. The highest BCUT2D eigenvalue weighted by molar-refractivity contribution is 7.15. The van der Waals surface area contributed by atoms with Gasteiger partial charge in [0, 0.05) is 10.6 Å². The maximum absolute atomic E-state index is 12.9. The maximum atomic E-state index is 12.9. The minimum absolute atomic E-state index is 0.217. The molecule has 6 nitrogen and oxygen atoms in total. The molecule has 0 aliphatic rings. The van der Waals surface area contributed by atoms with Crippen molar-refractivity contribution in [3.63, 3.8) is 0 Å². The van der Waals surface area contributed by atoms with Gasteiger partial charge in [0.15, 0.2) is 17.3 Å². The van der Waals surface area contributed by atoms with Crippen LogP contribution in [0.4, 0.5) is 0 Å². The van der Waals surface area contributed by atoms with Gasteiger partial charge < -0.3 is 9.47 Å². The van der Waals surface area contributed by atoms with Crippen LogP contribution in [-0.2, 0) is 6.61 Å². The molecule has 164 valence electrons. The second-order valence-corrected chi connectivity index (χ2v) is 8.68. The fraction of sp³-hybridized carbons (Fsp3) is 0.0800. The number of halogens is 1. The highest BCUT2D eigenvalue weighted by Crippen LogP contribution is 2.29. The van der Waals surface area contributed by atoms with Gasteiger partial charge >= 0.3 is 0 Å². The molecule has 2 aromatic heterocycles. The summed E-state index contributed by atoms with van der Waals surface area (Å²) in [6.45, 7) is 0.439. The number of benzene rings is 3. The molecule has 0 saturated carbocycles. The molecule has 0 fully saturated rings. The van der Waals surface area contributed by atoms with Gasteiger partial charge in [0.2, 0.25) is 4.96 Å². The first kappa shape index (κ1) is 21.2. The largest absolute Gasteiger partial charge is 0.493 e. The Labute approximate surface area is 198 Å². The predicted octanol–water partition coefficient (Wildman–Crippen LogP) is 4.61. The van der Waals surface area contributed by atoms with Crippen molar-refractivity contribution in [1.29, 1.82) is 0 Å². The summed E-state index contributed by atoms with van der Waals surface area (Å²) in [5.74, 6) is 1.72. The van der Waals surface area contributed by atoms with E-state index in [1.54, 1.807) is 25.3 Å². The highest BCUT2D eigenvalue weighted by Gasteiger charge is 2.12. The summed E-state index contributed by atoms with van der Waals surface area (Å²) >= 11 is 7.23. The molecular formula is C25H18ClN3O3S. The average Bonchev–Trinajstić information content (AvgIpc) is 3.38. The Balaban J connectivity index is 1.42. The number of rotatable bonds is 6. The van der Waals surface area contributed by atoms with Crippen molar-refractivity contribution in [2.24, 2.45) is 0 Å². The zero-order chi connectivity index (χ0) is 22.8. The van der Waals surface area contributed by atoms with Crippen LogP contribution < -0.4 is 19.6 Å². The fourth-order valence-corrected chi connectivity index (χ4v) is 4.37. The Morgan fingerprint density at radius 2 is 1.82 bits per heavy atom. The summed E-state index contributed by atoms with van der Waals surface area (Å²) in [5, 5.41) is 5.00. The van der Waals surface area contributed by atoms with E-state index in [1.165, 1.54) is 15.9 Å². The number of hydrogen-bond donors (Lipinski definition) is 0. The van der Waals surface area contributed by atoms with Crippen LogP contribution in [0.3, 0.4) is 0 Å². The van der Waals surface area contributed by atoms with Crippen molar-refractivity contribution in [1.82, 2.24) is 14.6 Å². The molecule has 0 bridgehead atoms. The van der Waals surface area contributed by atoms with Crippen LogP contribution in [0.15, 0.2) is 77.6 Å². The molecule has 3 aromatic carbocycles. The normalized spacial score (nSPS) is 11.8. The third-order valence-electron chi connectivity index (χ3n) is 5.01. The van der Waals surface area contributed by atoms with Crippen molar-refractivity contribution in [2.45, 2.75) is 6.61 Å². The van der Waals surface area contributed by atoms with Crippen LogP contribution in [-0.4, -0.2) is 21.7 Å². The van der Waals surface area contributed by atoms with E-state index in [1.807, 2.05) is 60.7 Å². The first-order valence-corrected chi connectivity index (χ1v) is 11.3. The Kier molecular flexibility index (Phi) is 5.81. The summed E-state index contributed by atoms with van der Waals surface area (Å²) in [6, 6.07) is 22.7. The molecule has 0 aliphatic heterocycles. The van der Waals surface area contributed by atoms with E-state index in [0.717, 1.165) is 16.7 Å². The number of nitrogens with zero attached hydrogens (tertiary/aromatic N) is 3. The summed E-state index contributed by atoms with van der Waals surface area (Å²) < 4.78 is 13.3. The number of hydrogen-bond acceptors (Lipinski definition) is 6. The zero-order valence-corrected chi connectivity index (χ0v) is 19.1. The molecule has 8 heteroatoms. The molecule has 33 heavy (non-hydrogen) atoms. The van der Waals surface area contributed by atoms with Crippen molar-refractivity contribution in [2.75, 3.05) is 7.11 Å². The minimum atomic E-state index is -0.217. The van der Waals surface area contributed by atoms with Crippen molar-refractivity contribution in [3.8, 4) is 22.9 Å². The van der Waals surface area contributed by atoms with E-state index in [-0.39, 0.29) is 5.56 Å². The molecule has 2 heterocycles. The fourth-order valence-electron chi connectivity index (χ4n) is 3.33. The predicted molar refractivity (Wildman–Crippen MR) is 130 cm³/mol. The van der Waals surface area contributed by atoms with Crippen LogP contribution in [0, 0.1) is 0 Å². The molecular weight excluding hydrogens is 458 g/mol. The molecule has 0 radical (unpaired) electrons. The van der Waals surface area contributed by atoms with Crippen molar-refractivity contribution in [3.05, 3.63) is 104 Å². The molecule has 0 N–H and O–H groups in total. The molecule has 0 saturated heterocycles. The molecule has 0 amide bonds. The SMILES string of the molecule is COc1cc(C=c2sc3nc(-c4ccc(Cl)cc4)nn3c2=O)ccc1OCc1ccccc1. The Hall–Kier alpha value is -3.68. The smallest absolute Gasteiger partial charge is 0.291 e. The van der Waals surface area contributed by atoms with Gasteiger partial charge in [-0.3, -0.25) is 4.79 Å². The lowest BCUT2D eigenvalue weighted by Gasteiger charge is -2.11. The number of aromatic nitrogens is 3. The van der Waals surface area contributed by atoms with Crippen molar-refractivity contribution >= 4 is 34.0 Å². The first-order chi connectivity index (χ1) is 16.1. The Bertz CT molecular complexity index is 1530. The van der Waals surface area contributed by atoms with Gasteiger partial charge in [-0.15, -0.1) is 5.10 Å². The van der Waals surface area contributed by atoms with Gasteiger partial charge in [0.1, 0.15) is 6.61 Å². The molecule has 5 rings (SSSR count). The molecule has 5 aromatic rings. The third kappa shape index (κ3) is 4.46. The highest BCUT2D eigenvalue weighted by atomic mass is 35.5. The summed E-state index contributed by atoms with van der Waals surface area (Å²) in [5.41, 5.74) is 2.47. The first-order valence-electron chi connectivity index (χ1n) is 10.1. The Morgan fingerprint density at radius 1 is 1.03 bits per heavy atom. The summed E-state index contributed by atoms with van der Waals surface area (Å²) in [6.07, 6.45) is 1.80. The summed E-state index contributed by atoms with van der Waals surface area (Å²) in [4.78, 5) is 17.9. The topological polar surface area (TPSA) is 65.7 Å². The van der Waals surface area contributed by atoms with Gasteiger partial charge in [-0.05, 0) is 53.6 Å². The summed E-state index contributed by atoms with van der Waals surface area (Å²) in [7, 11) is 1.59. The van der Waals surface area contributed by atoms with Gasteiger partial charge in [-0.2, -0.15) is 9.50 Å². The van der Waals surface area contributed by atoms with Crippen LogP contribution >= 0.6 is 22.9 Å². The minimum Gasteiger partial charge on any atom is -0.493 e. The maximum Gasteiger partial charge on any atom is 0.291 e. The van der Waals surface area contributed by atoms with Crippen LogP contribution in [0.2, 0.25) is 5.02 Å². The third-order valence-corrected chi connectivity index (χ3v) is 6.22. The molecule has 0 aliphatic carbocycles. The van der Waals surface area contributed by atoms with Gasteiger partial charge in [0.05, 0.1) is 11.6 Å². The quantitative estimate of drug-likeness (QED) is 0.359. The van der Waals surface area contributed by atoms with E-state index in [4.69, 9.17) is 21.1 Å². The molecule has 0 unspecified atom stereocenters. The average molecular weight is 476 g/mol.